The quantitative estimate of drug-likeness (QED) is 0.504. The summed E-state index contributed by atoms with van der Waals surface area (Å²) in [7, 11) is 3.19. The molecular formula is C24H30N8O3. The van der Waals surface area contributed by atoms with Crippen LogP contribution in [0.5, 0.6) is 11.5 Å². The molecule has 2 aromatic heterocycles. The minimum atomic E-state index is -0.0434. The third-order valence-electron chi connectivity index (χ3n) is 6.62. The van der Waals surface area contributed by atoms with Gasteiger partial charge in [0.15, 0.2) is 34.3 Å². The molecule has 11 nitrogen and oxygen atoms in total. The molecule has 11 heteroatoms. The van der Waals surface area contributed by atoms with Gasteiger partial charge in [-0.3, -0.25) is 9.69 Å². The Morgan fingerprint density at radius 1 is 1.11 bits per heavy atom. The van der Waals surface area contributed by atoms with Gasteiger partial charge in [0, 0.05) is 50.7 Å². The maximum atomic E-state index is 13.0. The number of Topliss-reactive ketones (excluding diaryl/α,β-unsaturated/α-hetero) is 1. The highest BCUT2D eigenvalue weighted by atomic mass is 16.5. The van der Waals surface area contributed by atoms with Gasteiger partial charge in [0.2, 0.25) is 5.95 Å². The highest BCUT2D eigenvalue weighted by Gasteiger charge is 2.31. The molecule has 0 bridgehead atoms. The Labute approximate surface area is 203 Å². The minimum Gasteiger partial charge on any atom is -0.493 e. The fraction of sp³-hybridized carbons (Fsp3) is 0.458. The van der Waals surface area contributed by atoms with Crippen molar-refractivity contribution in [2.75, 3.05) is 70.7 Å². The number of carbonyl (C=O) groups is 1. The summed E-state index contributed by atoms with van der Waals surface area (Å²) in [5, 5.41) is 3.32. The van der Waals surface area contributed by atoms with E-state index in [1.807, 2.05) is 18.2 Å². The van der Waals surface area contributed by atoms with Crippen molar-refractivity contribution in [2.45, 2.75) is 6.42 Å². The second kappa shape index (κ2) is 9.96. The Morgan fingerprint density at radius 2 is 1.91 bits per heavy atom. The Hall–Kier alpha value is -3.57. The van der Waals surface area contributed by atoms with Gasteiger partial charge in [-0.05, 0) is 24.6 Å². The molecule has 35 heavy (non-hydrogen) atoms. The number of piperazine rings is 1. The van der Waals surface area contributed by atoms with E-state index < -0.39 is 0 Å². The van der Waals surface area contributed by atoms with Crippen LogP contribution in [0.3, 0.4) is 0 Å². The standard InChI is InChI=1S/C24H30N8O3/c1-34-19-4-3-15(11-20(19)35-2)17-12-27-22-21(28-17)23(30-24(25)29-22)32-8-5-16(13-32)18(33)14-31-9-6-26-7-10-31/h3-4,11-12,16,26H,5-10,13-14H2,1-2H3,(H2,25,27,29,30). The summed E-state index contributed by atoms with van der Waals surface area (Å²) in [6, 6.07) is 5.58. The van der Waals surface area contributed by atoms with Crippen LogP contribution >= 0.6 is 0 Å². The average Bonchev–Trinajstić information content (AvgIpc) is 3.38. The number of ketones is 1. The summed E-state index contributed by atoms with van der Waals surface area (Å²) in [5.41, 5.74) is 8.46. The molecule has 5 rings (SSSR count). The molecule has 1 atom stereocenters. The molecule has 2 fully saturated rings. The van der Waals surface area contributed by atoms with Crippen molar-refractivity contribution in [1.82, 2.24) is 30.2 Å². The molecule has 3 N–H and O–H groups in total. The van der Waals surface area contributed by atoms with Gasteiger partial charge in [-0.2, -0.15) is 9.97 Å². The zero-order valence-electron chi connectivity index (χ0n) is 20.0. The van der Waals surface area contributed by atoms with Gasteiger partial charge >= 0.3 is 0 Å². The first-order valence-electron chi connectivity index (χ1n) is 11.8. The van der Waals surface area contributed by atoms with Crippen LogP contribution in [0.4, 0.5) is 11.8 Å². The summed E-state index contributed by atoms with van der Waals surface area (Å²) < 4.78 is 10.8. The molecule has 0 saturated carbocycles. The van der Waals surface area contributed by atoms with E-state index in [0.29, 0.717) is 53.8 Å². The van der Waals surface area contributed by atoms with E-state index in [4.69, 9.17) is 20.2 Å². The van der Waals surface area contributed by atoms with Gasteiger partial charge in [-0.25, -0.2) is 9.97 Å². The number of nitrogen functional groups attached to an aromatic ring is 1. The third-order valence-corrected chi connectivity index (χ3v) is 6.62. The van der Waals surface area contributed by atoms with Crippen molar-refractivity contribution in [3.05, 3.63) is 24.4 Å². The lowest BCUT2D eigenvalue weighted by molar-refractivity contribution is -0.123. The zero-order valence-corrected chi connectivity index (χ0v) is 20.0. The number of carbonyl (C=O) groups excluding carboxylic acids is 1. The molecule has 2 aliphatic heterocycles. The van der Waals surface area contributed by atoms with E-state index in [9.17, 15) is 4.79 Å². The van der Waals surface area contributed by atoms with Gasteiger partial charge in [0.25, 0.3) is 0 Å². The summed E-state index contributed by atoms with van der Waals surface area (Å²) in [5.74, 6) is 2.22. The fourth-order valence-corrected chi connectivity index (χ4v) is 4.70. The van der Waals surface area contributed by atoms with Crippen LogP contribution in [0.15, 0.2) is 24.4 Å². The van der Waals surface area contributed by atoms with Gasteiger partial charge < -0.3 is 25.4 Å². The van der Waals surface area contributed by atoms with Crippen LogP contribution in [-0.4, -0.2) is 90.7 Å². The minimum absolute atomic E-state index is 0.0434. The Balaban J connectivity index is 1.41. The van der Waals surface area contributed by atoms with E-state index in [-0.39, 0.29) is 17.6 Å². The number of fused-ring (bicyclic) bond motifs is 1. The SMILES string of the molecule is COc1ccc(-c2cnc3nc(N)nc(N4CCC(C(=O)CN5CCNCC5)C4)c3n2)cc1OC. The maximum absolute atomic E-state index is 13.0. The first-order chi connectivity index (χ1) is 17.1. The van der Waals surface area contributed by atoms with E-state index in [1.54, 1.807) is 20.4 Å². The molecule has 4 heterocycles. The predicted molar refractivity (Wildman–Crippen MR) is 133 cm³/mol. The van der Waals surface area contributed by atoms with E-state index in [1.165, 1.54) is 0 Å². The number of methoxy groups -OCH3 is 2. The number of rotatable bonds is 7. The fourth-order valence-electron chi connectivity index (χ4n) is 4.70. The normalized spacial score (nSPS) is 18.7. The third kappa shape index (κ3) is 4.82. The number of ether oxygens (including phenoxy) is 2. The zero-order chi connectivity index (χ0) is 24.4. The lowest BCUT2D eigenvalue weighted by Gasteiger charge is -2.27. The lowest BCUT2D eigenvalue weighted by atomic mass is 10.0. The van der Waals surface area contributed by atoms with Crippen LogP contribution in [0.25, 0.3) is 22.4 Å². The number of benzene rings is 1. The number of hydrogen-bond acceptors (Lipinski definition) is 11. The van der Waals surface area contributed by atoms with Crippen LogP contribution in [0.2, 0.25) is 0 Å². The molecule has 1 unspecified atom stereocenters. The number of aromatic nitrogens is 4. The smallest absolute Gasteiger partial charge is 0.224 e. The number of anilines is 2. The van der Waals surface area contributed by atoms with Crippen molar-refractivity contribution in [3.63, 3.8) is 0 Å². The van der Waals surface area contributed by atoms with Gasteiger partial charge in [-0.15, -0.1) is 0 Å². The van der Waals surface area contributed by atoms with Crippen LogP contribution in [0.1, 0.15) is 6.42 Å². The van der Waals surface area contributed by atoms with Crippen LogP contribution in [0, 0.1) is 5.92 Å². The topological polar surface area (TPSA) is 132 Å². The van der Waals surface area contributed by atoms with Crippen molar-refractivity contribution >= 4 is 28.7 Å². The highest BCUT2D eigenvalue weighted by molar-refractivity contribution is 5.88. The number of nitrogens with two attached hydrogens (primary N) is 1. The monoisotopic (exact) mass is 478 g/mol. The van der Waals surface area contributed by atoms with Crippen molar-refractivity contribution in [1.29, 1.82) is 0 Å². The molecule has 1 aromatic carbocycles. The highest BCUT2D eigenvalue weighted by Crippen LogP contribution is 2.33. The van der Waals surface area contributed by atoms with E-state index >= 15 is 0 Å². The van der Waals surface area contributed by atoms with Crippen molar-refractivity contribution in [2.24, 2.45) is 5.92 Å². The number of hydrogen-bond donors (Lipinski definition) is 2. The van der Waals surface area contributed by atoms with Crippen molar-refractivity contribution < 1.29 is 14.3 Å². The molecule has 2 saturated heterocycles. The first kappa shape index (κ1) is 23.2. The molecule has 3 aromatic rings. The number of nitrogens with zero attached hydrogens (tertiary/aromatic N) is 6. The molecule has 2 aliphatic rings. The van der Waals surface area contributed by atoms with Crippen molar-refractivity contribution in [3.8, 4) is 22.8 Å². The number of nitrogens with one attached hydrogen (secondary N) is 1. The Kier molecular flexibility index (Phi) is 6.60. The lowest BCUT2D eigenvalue weighted by Crippen LogP contribution is -2.46. The molecule has 184 valence electrons. The molecule has 0 radical (unpaired) electrons. The van der Waals surface area contributed by atoms with Gasteiger partial charge in [0.05, 0.1) is 32.7 Å². The van der Waals surface area contributed by atoms with Crippen LogP contribution in [-0.2, 0) is 4.79 Å². The molecular weight excluding hydrogens is 448 g/mol. The molecule has 0 aliphatic carbocycles. The largest absolute Gasteiger partial charge is 0.493 e. The van der Waals surface area contributed by atoms with E-state index in [2.05, 4.69) is 30.1 Å². The predicted octanol–water partition coefficient (Wildman–Crippen LogP) is 0.987. The Morgan fingerprint density at radius 3 is 2.69 bits per heavy atom. The first-order valence-corrected chi connectivity index (χ1v) is 11.8. The summed E-state index contributed by atoms with van der Waals surface area (Å²) in [6.07, 6.45) is 2.43. The average molecular weight is 479 g/mol. The van der Waals surface area contributed by atoms with Crippen LogP contribution < -0.4 is 25.4 Å². The summed E-state index contributed by atoms with van der Waals surface area (Å²) in [4.78, 5) is 35.4. The molecule has 0 spiro atoms. The van der Waals surface area contributed by atoms with Gasteiger partial charge in [-0.1, -0.05) is 0 Å². The second-order valence-electron chi connectivity index (χ2n) is 8.83. The van der Waals surface area contributed by atoms with Gasteiger partial charge in [0.1, 0.15) is 0 Å². The summed E-state index contributed by atoms with van der Waals surface area (Å²) in [6.45, 7) is 5.45. The van der Waals surface area contributed by atoms with E-state index in [0.717, 1.165) is 38.2 Å². The summed E-state index contributed by atoms with van der Waals surface area (Å²) >= 11 is 0. The maximum Gasteiger partial charge on any atom is 0.224 e. The Bertz CT molecular complexity index is 1230. The second-order valence-corrected chi connectivity index (χ2v) is 8.83. The molecule has 0 amide bonds.